The van der Waals surface area contributed by atoms with Crippen molar-refractivity contribution < 1.29 is 13.9 Å². The van der Waals surface area contributed by atoms with Gasteiger partial charge in [0, 0.05) is 44.2 Å². The first-order chi connectivity index (χ1) is 11.2. The van der Waals surface area contributed by atoms with Gasteiger partial charge in [0.1, 0.15) is 0 Å². The van der Waals surface area contributed by atoms with Gasteiger partial charge >= 0.3 is 0 Å². The van der Waals surface area contributed by atoms with Crippen molar-refractivity contribution in [2.75, 3.05) is 31.2 Å². The number of nitrogens with zero attached hydrogens (tertiary/aromatic N) is 2. The van der Waals surface area contributed by atoms with Gasteiger partial charge in [-0.1, -0.05) is 0 Å². The van der Waals surface area contributed by atoms with Gasteiger partial charge in [-0.3, -0.25) is 0 Å². The van der Waals surface area contributed by atoms with Crippen LogP contribution in [-0.2, 0) is 9.47 Å². The van der Waals surface area contributed by atoms with E-state index < -0.39 is 0 Å². The van der Waals surface area contributed by atoms with Crippen LogP contribution in [0.25, 0.3) is 0 Å². The maximum Gasteiger partial charge on any atom is 0.168 e. The van der Waals surface area contributed by atoms with Crippen LogP contribution in [0.15, 0.2) is 18.3 Å². The molecule has 5 nitrogen and oxygen atoms in total. The second-order valence-corrected chi connectivity index (χ2v) is 6.79. The first-order valence-corrected chi connectivity index (χ1v) is 8.64. The van der Waals surface area contributed by atoms with Gasteiger partial charge in [0.25, 0.3) is 0 Å². The molecule has 3 aliphatic rings. The fourth-order valence-corrected chi connectivity index (χ4v) is 4.04. The Morgan fingerprint density at radius 2 is 1.96 bits per heavy atom. The summed E-state index contributed by atoms with van der Waals surface area (Å²) in [5.41, 5.74) is 0. The summed E-state index contributed by atoms with van der Waals surface area (Å²) in [6.07, 6.45) is 6.78. The lowest BCUT2D eigenvalue weighted by Gasteiger charge is -2.36. The Kier molecular flexibility index (Phi) is 4.22. The lowest BCUT2D eigenvalue weighted by atomic mass is 9.89. The van der Waals surface area contributed by atoms with E-state index in [9.17, 15) is 4.39 Å². The number of nitrogens with one attached hydrogen (secondary N) is 1. The molecule has 1 atom stereocenters. The zero-order valence-corrected chi connectivity index (χ0v) is 13.3. The maximum atomic E-state index is 13.8. The van der Waals surface area contributed by atoms with Crippen LogP contribution in [0.2, 0.25) is 0 Å². The quantitative estimate of drug-likeness (QED) is 0.923. The molecule has 0 aromatic carbocycles. The van der Waals surface area contributed by atoms with Gasteiger partial charge in [-0.2, -0.15) is 0 Å². The van der Waals surface area contributed by atoms with E-state index in [1.165, 1.54) is 6.07 Å². The Hall–Kier alpha value is -1.24. The number of aromatic nitrogens is 1. The molecular formula is C17H24FN3O2. The second kappa shape index (κ2) is 6.34. The van der Waals surface area contributed by atoms with E-state index in [-0.39, 0.29) is 11.6 Å². The molecule has 6 heteroatoms. The van der Waals surface area contributed by atoms with Crippen LogP contribution in [0.4, 0.5) is 10.2 Å². The van der Waals surface area contributed by atoms with Gasteiger partial charge in [0.05, 0.1) is 13.2 Å². The smallest absolute Gasteiger partial charge is 0.168 e. The summed E-state index contributed by atoms with van der Waals surface area (Å²) in [6.45, 7) is 3.13. The summed E-state index contributed by atoms with van der Waals surface area (Å²) < 4.78 is 25.4. The highest BCUT2D eigenvalue weighted by Gasteiger charge is 2.40. The topological polar surface area (TPSA) is 46.6 Å². The molecule has 126 valence electrons. The molecule has 1 N–H and O–H groups in total. The number of rotatable bonds is 3. The van der Waals surface area contributed by atoms with Gasteiger partial charge in [0.2, 0.25) is 0 Å². The summed E-state index contributed by atoms with van der Waals surface area (Å²) in [7, 11) is 0. The molecule has 2 saturated heterocycles. The van der Waals surface area contributed by atoms with Crippen LogP contribution in [0.3, 0.4) is 0 Å². The van der Waals surface area contributed by atoms with Crippen molar-refractivity contribution in [1.29, 1.82) is 0 Å². The van der Waals surface area contributed by atoms with Gasteiger partial charge in [-0.15, -0.1) is 0 Å². The van der Waals surface area contributed by atoms with E-state index in [2.05, 4.69) is 10.3 Å². The standard InChI is InChI=1S/C17H24FN3O2/c18-15-2-1-8-19-16(15)21-9-5-14(12-21)20-13-3-6-17(7-4-13)22-10-11-23-17/h1-2,8,13-14,20H,3-7,9-12H2/t14-/m1/s1. The van der Waals surface area contributed by atoms with Crippen LogP contribution < -0.4 is 10.2 Å². The van der Waals surface area contributed by atoms with Crippen molar-refractivity contribution in [3.8, 4) is 0 Å². The first-order valence-electron chi connectivity index (χ1n) is 8.64. The molecule has 0 unspecified atom stereocenters. The largest absolute Gasteiger partial charge is 0.353 e. The molecule has 1 aromatic heterocycles. The normalized spacial score (nSPS) is 27.9. The van der Waals surface area contributed by atoms with Gasteiger partial charge in [0.15, 0.2) is 17.4 Å². The van der Waals surface area contributed by atoms with E-state index in [1.807, 2.05) is 4.90 Å². The number of ether oxygens (including phenoxy) is 2. The fourth-order valence-electron chi connectivity index (χ4n) is 4.04. The van der Waals surface area contributed by atoms with E-state index in [0.29, 0.717) is 17.9 Å². The van der Waals surface area contributed by atoms with Gasteiger partial charge < -0.3 is 19.7 Å². The molecule has 4 rings (SSSR count). The molecule has 3 fully saturated rings. The molecule has 1 saturated carbocycles. The van der Waals surface area contributed by atoms with E-state index >= 15 is 0 Å². The number of anilines is 1. The van der Waals surface area contributed by atoms with Crippen LogP contribution in [-0.4, -0.2) is 49.2 Å². The monoisotopic (exact) mass is 321 g/mol. The average Bonchev–Trinajstić information content (AvgIpc) is 3.20. The summed E-state index contributed by atoms with van der Waals surface area (Å²) >= 11 is 0. The molecule has 0 radical (unpaired) electrons. The SMILES string of the molecule is Fc1cccnc1N1CC[C@@H](NC2CCC3(CC2)OCCO3)C1. The highest BCUT2D eigenvalue weighted by molar-refractivity contribution is 5.41. The zero-order valence-electron chi connectivity index (χ0n) is 13.3. The molecule has 23 heavy (non-hydrogen) atoms. The highest BCUT2D eigenvalue weighted by atomic mass is 19.1. The minimum absolute atomic E-state index is 0.233. The molecule has 1 aliphatic carbocycles. The van der Waals surface area contributed by atoms with E-state index in [4.69, 9.17) is 9.47 Å². The van der Waals surface area contributed by atoms with Gasteiger partial charge in [-0.25, -0.2) is 9.37 Å². The van der Waals surface area contributed by atoms with Crippen LogP contribution >= 0.6 is 0 Å². The van der Waals surface area contributed by atoms with Crippen LogP contribution in [0.1, 0.15) is 32.1 Å². The summed E-state index contributed by atoms with van der Waals surface area (Å²) in [6, 6.07) is 4.02. The molecule has 1 aromatic rings. The molecule has 3 heterocycles. The Bertz CT molecular complexity index is 540. The Labute approximate surface area is 136 Å². The summed E-state index contributed by atoms with van der Waals surface area (Å²) in [5, 5.41) is 3.74. The fraction of sp³-hybridized carbons (Fsp3) is 0.706. The lowest BCUT2D eigenvalue weighted by Crippen LogP contribution is -2.46. The Morgan fingerprint density at radius 3 is 2.70 bits per heavy atom. The number of hydrogen-bond acceptors (Lipinski definition) is 5. The number of hydrogen-bond donors (Lipinski definition) is 1. The van der Waals surface area contributed by atoms with Crippen molar-refractivity contribution in [2.45, 2.75) is 50.0 Å². The maximum absolute atomic E-state index is 13.8. The lowest BCUT2D eigenvalue weighted by molar-refractivity contribution is -0.179. The van der Waals surface area contributed by atoms with Crippen molar-refractivity contribution in [2.24, 2.45) is 0 Å². The molecule has 2 aliphatic heterocycles. The van der Waals surface area contributed by atoms with Crippen molar-refractivity contribution in [3.05, 3.63) is 24.1 Å². The zero-order chi connectivity index (χ0) is 15.7. The first kappa shape index (κ1) is 15.3. The molecular weight excluding hydrogens is 297 g/mol. The third-order valence-electron chi connectivity index (χ3n) is 5.26. The second-order valence-electron chi connectivity index (χ2n) is 6.79. The third-order valence-corrected chi connectivity index (χ3v) is 5.26. The molecule has 1 spiro atoms. The minimum Gasteiger partial charge on any atom is -0.353 e. The van der Waals surface area contributed by atoms with Crippen molar-refractivity contribution in [3.63, 3.8) is 0 Å². The van der Waals surface area contributed by atoms with Crippen LogP contribution in [0, 0.1) is 5.82 Å². The predicted molar refractivity (Wildman–Crippen MR) is 84.8 cm³/mol. The van der Waals surface area contributed by atoms with Crippen molar-refractivity contribution in [1.82, 2.24) is 10.3 Å². The predicted octanol–water partition coefficient (Wildman–Crippen LogP) is 2.07. The minimum atomic E-state index is -0.295. The molecule has 0 amide bonds. The summed E-state index contributed by atoms with van der Waals surface area (Å²) in [4.78, 5) is 6.22. The Morgan fingerprint density at radius 1 is 1.17 bits per heavy atom. The van der Waals surface area contributed by atoms with Crippen molar-refractivity contribution >= 4 is 5.82 Å². The third kappa shape index (κ3) is 3.20. The highest BCUT2D eigenvalue weighted by Crippen LogP contribution is 2.36. The summed E-state index contributed by atoms with van der Waals surface area (Å²) in [5.74, 6) is -0.0489. The van der Waals surface area contributed by atoms with Gasteiger partial charge in [-0.05, 0) is 31.4 Å². The Balaban J connectivity index is 1.29. The van der Waals surface area contributed by atoms with Crippen LogP contribution in [0.5, 0.6) is 0 Å². The van der Waals surface area contributed by atoms with E-state index in [1.54, 1.807) is 12.3 Å². The van der Waals surface area contributed by atoms with E-state index in [0.717, 1.165) is 58.4 Å². The molecule has 0 bridgehead atoms. The average molecular weight is 321 g/mol. The number of pyridine rings is 1. The number of halogens is 1.